The number of halogens is 10. The van der Waals surface area contributed by atoms with Crippen LogP contribution in [0.5, 0.6) is 0 Å². The second-order valence-corrected chi connectivity index (χ2v) is 3.38. The molecule has 1 saturated heterocycles. The van der Waals surface area contributed by atoms with Gasteiger partial charge in [0.1, 0.15) is 5.97 Å². The molecule has 1 heterocycles. The molecule has 0 aliphatic carbocycles. The van der Waals surface area contributed by atoms with E-state index in [9.17, 15) is 53.8 Å². The first-order valence-corrected chi connectivity index (χ1v) is 4.13. The number of carboxylic acid groups (broad SMARTS) is 1. The fourth-order valence-electron chi connectivity index (χ4n) is 1.16. The molecule has 1 aliphatic heterocycles. The number of carbonyl (C=O) groups is 1. The first-order valence-electron chi connectivity index (χ1n) is 4.13. The summed E-state index contributed by atoms with van der Waals surface area (Å²) in [5.74, 6) is -4.02. The van der Waals surface area contributed by atoms with Gasteiger partial charge in [0.25, 0.3) is 0 Å². The second kappa shape index (κ2) is 5.11. The van der Waals surface area contributed by atoms with Gasteiger partial charge in [-0.25, -0.2) is 4.74 Å². The Labute approximate surface area is 129 Å². The van der Waals surface area contributed by atoms with Crippen molar-refractivity contribution in [2.24, 2.45) is 0 Å². The first-order chi connectivity index (χ1) is 8.52. The monoisotopic (exact) mass is 347 g/mol. The molecule has 0 saturated carbocycles. The minimum atomic E-state index is -6.78. The van der Waals surface area contributed by atoms with Crippen molar-refractivity contribution in [2.45, 2.75) is 30.4 Å². The summed E-state index contributed by atoms with van der Waals surface area (Å²) >= 11 is 0. The van der Waals surface area contributed by atoms with E-state index in [-0.39, 0.29) is 29.6 Å². The summed E-state index contributed by atoms with van der Waals surface area (Å²) in [6.07, 6.45) is -13.1. The van der Waals surface area contributed by atoms with Crippen molar-refractivity contribution in [1.29, 1.82) is 0 Å². The Kier molecular flexibility index (Phi) is 5.03. The molecule has 1 fully saturated rings. The van der Waals surface area contributed by atoms with Gasteiger partial charge < -0.3 is 9.90 Å². The van der Waals surface area contributed by atoms with Crippen LogP contribution in [0.15, 0.2) is 0 Å². The van der Waals surface area contributed by atoms with Gasteiger partial charge in [-0.15, -0.1) is 4.90 Å². The van der Waals surface area contributed by atoms with E-state index >= 15 is 0 Å². The number of aliphatic carboxylic acids is 1. The maximum atomic E-state index is 12.8. The zero-order valence-corrected chi connectivity index (χ0v) is 11.5. The minimum Gasteiger partial charge on any atom is -0.543 e. The number of ether oxygens (including phenoxy) is 1. The van der Waals surface area contributed by atoms with E-state index in [0.29, 0.717) is 0 Å². The number of hydrogen-bond donors (Lipinski definition) is 0. The van der Waals surface area contributed by atoms with E-state index in [1.165, 1.54) is 0 Å². The van der Waals surface area contributed by atoms with Crippen molar-refractivity contribution in [3.63, 3.8) is 0 Å². The molecule has 21 heavy (non-hydrogen) atoms. The molecule has 1 aliphatic rings. The molecule has 0 atom stereocenters. The molecule has 15 heteroatoms. The molecule has 0 unspecified atom stereocenters. The smallest absolute Gasteiger partial charge is 0.543 e. The summed E-state index contributed by atoms with van der Waals surface area (Å²) < 4.78 is 128. The number of carbonyl (C=O) groups excluding carboxylic acids is 1. The molecule has 0 aromatic heterocycles. The molecule has 0 N–H and O–H groups in total. The number of carboxylic acids is 1. The van der Waals surface area contributed by atoms with Gasteiger partial charge >= 0.3 is 59.9 Å². The van der Waals surface area contributed by atoms with Crippen LogP contribution in [0.2, 0.25) is 0 Å². The first kappa shape index (κ1) is 20.7. The third-order valence-corrected chi connectivity index (χ3v) is 2.04. The molecule has 0 radical (unpaired) electrons. The van der Waals surface area contributed by atoms with Gasteiger partial charge in [0.15, 0.2) is 0 Å². The summed E-state index contributed by atoms with van der Waals surface area (Å²) in [7, 11) is 0. The predicted molar refractivity (Wildman–Crippen MR) is 32.7 cm³/mol. The average Bonchev–Trinajstić information content (AvgIpc) is 2.11. The standard InChI is InChI=1S/C6HF10NO3.Na/c7-2(8,1(18)19)17-3(9,10)5(13,14)20-6(15,16)4(17,11)12;/h(H,18,19);/q;+1/p-1. The fourth-order valence-corrected chi connectivity index (χ4v) is 1.16. The van der Waals surface area contributed by atoms with Crippen LogP contribution in [-0.2, 0) is 9.53 Å². The van der Waals surface area contributed by atoms with E-state index in [0.717, 1.165) is 0 Å². The third-order valence-electron chi connectivity index (χ3n) is 2.04. The summed E-state index contributed by atoms with van der Waals surface area (Å²) in [5.41, 5.74) is 0. The average molecular weight is 347 g/mol. The Balaban J connectivity index is 0.00000400. The van der Waals surface area contributed by atoms with E-state index in [4.69, 9.17) is 0 Å². The van der Waals surface area contributed by atoms with Crippen LogP contribution in [0.25, 0.3) is 0 Å². The van der Waals surface area contributed by atoms with Crippen LogP contribution in [0.1, 0.15) is 0 Å². The van der Waals surface area contributed by atoms with E-state index in [1.807, 2.05) is 4.74 Å². The number of morpholine rings is 1. The second-order valence-electron chi connectivity index (χ2n) is 3.38. The summed E-state index contributed by atoms with van der Waals surface area (Å²) in [6.45, 7) is 0. The molecule has 1 rings (SSSR count). The number of hydrogen-bond acceptors (Lipinski definition) is 4. The van der Waals surface area contributed by atoms with E-state index in [2.05, 4.69) is 0 Å². The van der Waals surface area contributed by atoms with Crippen molar-refractivity contribution < 1.29 is 88.1 Å². The molecule has 0 amide bonds. The molecule has 0 spiro atoms. The molecule has 0 bridgehead atoms. The number of rotatable bonds is 2. The van der Waals surface area contributed by atoms with Crippen molar-refractivity contribution in [2.75, 3.05) is 0 Å². The maximum absolute atomic E-state index is 12.8. The Morgan fingerprint density at radius 3 is 1.43 bits per heavy atom. The van der Waals surface area contributed by atoms with Crippen LogP contribution in [0.4, 0.5) is 43.9 Å². The normalized spacial score (nSPS) is 26.8. The molecule has 118 valence electrons. The van der Waals surface area contributed by atoms with Crippen LogP contribution < -0.4 is 34.7 Å². The van der Waals surface area contributed by atoms with Crippen molar-refractivity contribution in [3.8, 4) is 0 Å². The van der Waals surface area contributed by atoms with Crippen molar-refractivity contribution in [1.82, 2.24) is 4.90 Å². The van der Waals surface area contributed by atoms with E-state index in [1.54, 1.807) is 0 Å². The Hall–Kier alpha value is -0.310. The quantitative estimate of drug-likeness (QED) is 0.331. The zero-order valence-electron chi connectivity index (χ0n) is 9.45. The largest absolute Gasteiger partial charge is 1.00 e. The van der Waals surface area contributed by atoms with Gasteiger partial charge in [0.2, 0.25) is 0 Å². The molecule has 0 aromatic carbocycles. The maximum Gasteiger partial charge on any atom is 1.00 e. The fraction of sp³-hybridized carbons (Fsp3) is 0.833. The van der Waals surface area contributed by atoms with Gasteiger partial charge in [-0.3, -0.25) is 0 Å². The minimum absolute atomic E-state index is 0. The molecular weight excluding hydrogens is 347 g/mol. The van der Waals surface area contributed by atoms with Crippen LogP contribution in [0.3, 0.4) is 0 Å². The van der Waals surface area contributed by atoms with Gasteiger partial charge in [0.05, 0.1) is 0 Å². The summed E-state index contributed by atoms with van der Waals surface area (Å²) in [4.78, 5) is 6.37. The molecular formula is C6F10NNaO3. The topological polar surface area (TPSA) is 52.6 Å². The van der Waals surface area contributed by atoms with E-state index < -0.39 is 41.2 Å². The Morgan fingerprint density at radius 1 is 0.905 bits per heavy atom. The van der Waals surface area contributed by atoms with Crippen molar-refractivity contribution in [3.05, 3.63) is 0 Å². The number of nitrogens with zero attached hydrogens (tertiary/aromatic N) is 1. The molecule has 0 aromatic rings. The Bertz CT molecular complexity index is 415. The van der Waals surface area contributed by atoms with Gasteiger partial charge in [-0.1, -0.05) is 0 Å². The van der Waals surface area contributed by atoms with Crippen LogP contribution in [-0.4, -0.2) is 41.2 Å². The number of alkyl halides is 10. The third kappa shape index (κ3) is 2.71. The zero-order chi connectivity index (χ0) is 16.4. The van der Waals surface area contributed by atoms with Gasteiger partial charge in [-0.05, 0) is 0 Å². The van der Waals surface area contributed by atoms with Gasteiger partial charge in [0, 0.05) is 0 Å². The van der Waals surface area contributed by atoms with Crippen LogP contribution >= 0.6 is 0 Å². The Morgan fingerprint density at radius 2 is 1.19 bits per heavy atom. The van der Waals surface area contributed by atoms with Gasteiger partial charge in [-0.2, -0.15) is 43.9 Å². The summed E-state index contributed by atoms with van der Waals surface area (Å²) in [6, 6.07) is -20.1. The molecule has 4 nitrogen and oxygen atoms in total. The van der Waals surface area contributed by atoms with Crippen molar-refractivity contribution >= 4 is 5.97 Å². The SMILES string of the molecule is O=C([O-])C(F)(F)N1C(F)(F)C(F)(F)OC(F)(F)C1(F)F.[Na+]. The summed E-state index contributed by atoms with van der Waals surface area (Å²) in [5, 5.41) is 9.82. The predicted octanol–water partition coefficient (Wildman–Crippen LogP) is -1.96. The van der Waals surface area contributed by atoms with Crippen LogP contribution in [0, 0.1) is 0 Å².